The Morgan fingerprint density at radius 3 is 2.45 bits per heavy atom. The van der Waals surface area contributed by atoms with Crippen molar-refractivity contribution in [2.75, 3.05) is 19.6 Å². The van der Waals surface area contributed by atoms with Gasteiger partial charge in [-0.3, -0.25) is 4.79 Å². The molecule has 1 fully saturated rings. The number of likely N-dealkylation sites (tertiary alicyclic amines) is 1. The number of carbonyl (C=O) groups is 1. The van der Waals surface area contributed by atoms with Crippen molar-refractivity contribution in [2.24, 2.45) is 0 Å². The lowest BCUT2D eigenvalue weighted by Gasteiger charge is -2.20. The molecule has 1 amide bonds. The summed E-state index contributed by atoms with van der Waals surface area (Å²) >= 11 is 4.35. The van der Waals surface area contributed by atoms with Gasteiger partial charge < -0.3 is 4.90 Å². The molecule has 0 saturated carbocycles. The number of hydrogen-bond acceptors (Lipinski definition) is 4. The zero-order chi connectivity index (χ0) is 14.6. The molecule has 8 heteroatoms. The molecule has 5 nitrogen and oxygen atoms in total. The number of amides is 1. The minimum atomic E-state index is -3.59. The summed E-state index contributed by atoms with van der Waals surface area (Å²) in [6.45, 7) is 1.29. The van der Waals surface area contributed by atoms with Crippen LogP contribution in [0, 0.1) is 0 Å². The van der Waals surface area contributed by atoms with E-state index in [1.807, 2.05) is 0 Å². The fourth-order valence-electron chi connectivity index (χ4n) is 2.10. The predicted molar refractivity (Wildman–Crippen MR) is 82.3 cm³/mol. The maximum atomic E-state index is 12.0. The Bertz CT molecular complexity index is 563. The molecule has 0 atom stereocenters. The third-order valence-corrected chi connectivity index (χ3v) is 6.70. The maximum Gasteiger partial charge on any atom is 0.250 e. The van der Waals surface area contributed by atoms with E-state index in [9.17, 15) is 13.2 Å². The zero-order valence-corrected chi connectivity index (χ0v) is 14.2. The van der Waals surface area contributed by atoms with Crippen LogP contribution in [0.1, 0.15) is 25.7 Å². The first kappa shape index (κ1) is 15.9. The Morgan fingerprint density at radius 1 is 1.25 bits per heavy atom. The van der Waals surface area contributed by atoms with E-state index in [1.54, 1.807) is 11.0 Å². The number of halogens is 1. The van der Waals surface area contributed by atoms with Gasteiger partial charge in [-0.2, -0.15) is 0 Å². The smallest absolute Gasteiger partial charge is 0.250 e. The second-order valence-electron chi connectivity index (χ2n) is 4.68. The Labute approximate surface area is 131 Å². The van der Waals surface area contributed by atoms with Crippen molar-refractivity contribution in [3.8, 4) is 0 Å². The summed E-state index contributed by atoms with van der Waals surface area (Å²) in [7, 11) is -3.59. The van der Waals surface area contributed by atoms with Gasteiger partial charge in [0, 0.05) is 13.1 Å². The van der Waals surface area contributed by atoms with Gasteiger partial charge in [-0.25, -0.2) is 13.1 Å². The van der Waals surface area contributed by atoms with Gasteiger partial charge in [0.05, 0.1) is 10.3 Å². The lowest BCUT2D eigenvalue weighted by atomic mass is 10.2. The van der Waals surface area contributed by atoms with Crippen molar-refractivity contribution < 1.29 is 13.2 Å². The number of nitrogens with one attached hydrogen (secondary N) is 1. The lowest BCUT2D eigenvalue weighted by Crippen LogP contribution is -2.40. The van der Waals surface area contributed by atoms with Crippen LogP contribution in [0.25, 0.3) is 0 Å². The van der Waals surface area contributed by atoms with Crippen LogP contribution in [-0.2, 0) is 14.8 Å². The number of nitrogens with zero attached hydrogens (tertiary/aromatic N) is 1. The second-order valence-corrected chi connectivity index (χ2v) is 9.13. The van der Waals surface area contributed by atoms with Crippen molar-refractivity contribution >= 4 is 43.2 Å². The van der Waals surface area contributed by atoms with Crippen LogP contribution in [0.4, 0.5) is 0 Å². The molecule has 0 aliphatic carbocycles. The van der Waals surface area contributed by atoms with Gasteiger partial charge in [-0.05, 0) is 40.9 Å². The molecule has 1 saturated heterocycles. The van der Waals surface area contributed by atoms with Gasteiger partial charge in [0.2, 0.25) is 5.91 Å². The molecule has 0 spiro atoms. The largest absolute Gasteiger partial charge is 0.342 e. The third kappa shape index (κ3) is 4.28. The standard InChI is InChI=1S/C12H17BrN2O3S2/c13-10-5-6-12(19-10)20(17,18)14-9-11(16)15-7-3-1-2-4-8-15/h5-6,14H,1-4,7-9H2. The average molecular weight is 381 g/mol. The molecule has 1 aromatic heterocycles. The molecular weight excluding hydrogens is 364 g/mol. The molecular formula is C12H17BrN2O3S2. The molecule has 2 heterocycles. The quantitative estimate of drug-likeness (QED) is 0.870. The number of rotatable bonds is 4. The SMILES string of the molecule is O=C(CNS(=O)(=O)c1ccc(Br)s1)N1CCCCCC1. The third-order valence-electron chi connectivity index (χ3n) is 3.19. The van der Waals surface area contributed by atoms with E-state index in [-0.39, 0.29) is 16.7 Å². The topological polar surface area (TPSA) is 66.5 Å². The highest BCUT2D eigenvalue weighted by molar-refractivity contribution is 9.11. The van der Waals surface area contributed by atoms with Gasteiger partial charge in [-0.1, -0.05) is 12.8 Å². The molecule has 2 rings (SSSR count). The Morgan fingerprint density at radius 2 is 1.90 bits per heavy atom. The van der Waals surface area contributed by atoms with Crippen LogP contribution in [0.15, 0.2) is 20.1 Å². The minimum absolute atomic E-state index is 0.147. The van der Waals surface area contributed by atoms with E-state index in [4.69, 9.17) is 0 Å². The van der Waals surface area contributed by atoms with Gasteiger partial charge in [0.1, 0.15) is 4.21 Å². The monoisotopic (exact) mass is 380 g/mol. The number of hydrogen-bond donors (Lipinski definition) is 1. The predicted octanol–water partition coefficient (Wildman–Crippen LogP) is 2.19. The van der Waals surface area contributed by atoms with Crippen molar-refractivity contribution in [3.05, 3.63) is 15.9 Å². The summed E-state index contributed by atoms with van der Waals surface area (Å²) < 4.78 is 27.4. The molecule has 0 radical (unpaired) electrons. The zero-order valence-electron chi connectivity index (χ0n) is 11.0. The van der Waals surface area contributed by atoms with Crippen LogP contribution in [0.5, 0.6) is 0 Å². The molecule has 112 valence electrons. The second kappa shape index (κ2) is 7.02. The van der Waals surface area contributed by atoms with Gasteiger partial charge >= 0.3 is 0 Å². The van der Waals surface area contributed by atoms with E-state index in [1.165, 1.54) is 6.07 Å². The van der Waals surface area contributed by atoms with Crippen molar-refractivity contribution in [1.29, 1.82) is 0 Å². The van der Waals surface area contributed by atoms with E-state index >= 15 is 0 Å². The summed E-state index contributed by atoms with van der Waals surface area (Å²) in [6, 6.07) is 3.20. The van der Waals surface area contributed by atoms with Crippen molar-refractivity contribution in [1.82, 2.24) is 9.62 Å². The summed E-state index contributed by atoms with van der Waals surface area (Å²) in [6.07, 6.45) is 4.27. The van der Waals surface area contributed by atoms with Crippen molar-refractivity contribution in [2.45, 2.75) is 29.9 Å². The Hall–Kier alpha value is -0.440. The number of thiophene rings is 1. The molecule has 20 heavy (non-hydrogen) atoms. The molecule has 1 aromatic rings. The summed E-state index contributed by atoms with van der Waals surface area (Å²) in [5.74, 6) is -0.147. The fourth-order valence-corrected chi connectivity index (χ4v) is 5.13. The van der Waals surface area contributed by atoms with Crippen LogP contribution in [0.3, 0.4) is 0 Å². The molecule has 0 unspecified atom stereocenters. The van der Waals surface area contributed by atoms with E-state index in [0.717, 1.165) is 53.9 Å². The number of sulfonamides is 1. The normalized spacial score (nSPS) is 16.9. The highest BCUT2D eigenvalue weighted by Gasteiger charge is 2.20. The van der Waals surface area contributed by atoms with Crippen molar-refractivity contribution in [3.63, 3.8) is 0 Å². The minimum Gasteiger partial charge on any atom is -0.342 e. The van der Waals surface area contributed by atoms with Crippen LogP contribution in [-0.4, -0.2) is 38.9 Å². The highest BCUT2D eigenvalue weighted by atomic mass is 79.9. The van der Waals surface area contributed by atoms with E-state index in [0.29, 0.717) is 0 Å². The van der Waals surface area contributed by atoms with Crippen LogP contribution in [0.2, 0.25) is 0 Å². The molecule has 1 N–H and O–H groups in total. The summed E-state index contributed by atoms with van der Waals surface area (Å²) in [5, 5.41) is 0. The first-order valence-corrected chi connectivity index (χ1v) is 9.61. The fraction of sp³-hybridized carbons (Fsp3) is 0.583. The lowest BCUT2D eigenvalue weighted by molar-refractivity contribution is -0.129. The summed E-state index contributed by atoms with van der Waals surface area (Å²) in [4.78, 5) is 13.8. The van der Waals surface area contributed by atoms with Gasteiger partial charge in [0.15, 0.2) is 0 Å². The van der Waals surface area contributed by atoms with Gasteiger partial charge in [0.25, 0.3) is 10.0 Å². The molecule has 0 aromatic carbocycles. The Balaban J connectivity index is 1.92. The highest BCUT2D eigenvalue weighted by Crippen LogP contribution is 2.25. The van der Waals surface area contributed by atoms with E-state index < -0.39 is 10.0 Å². The van der Waals surface area contributed by atoms with Crippen LogP contribution >= 0.6 is 27.3 Å². The van der Waals surface area contributed by atoms with E-state index in [2.05, 4.69) is 20.7 Å². The first-order valence-electron chi connectivity index (χ1n) is 6.52. The average Bonchev–Trinajstić information content (AvgIpc) is 2.69. The molecule has 0 bridgehead atoms. The Kier molecular flexibility index (Phi) is 5.59. The first-order chi connectivity index (χ1) is 9.49. The molecule has 1 aliphatic rings. The van der Waals surface area contributed by atoms with Crippen LogP contribution < -0.4 is 4.72 Å². The number of carbonyl (C=O) groups excluding carboxylic acids is 1. The maximum absolute atomic E-state index is 12.0. The van der Waals surface area contributed by atoms with Gasteiger partial charge in [-0.15, -0.1) is 11.3 Å². The molecule has 1 aliphatic heterocycles. The summed E-state index contributed by atoms with van der Waals surface area (Å²) in [5.41, 5.74) is 0.